The number of ether oxygens (including phenoxy) is 1. The minimum atomic E-state index is 0.173. The standard InChI is InChI=1S/C15H21N3O/c1-15(2,3)11-4-6-13(7-5-11)19-9-8-12-10-14(16)18-17-12/h4-7,10H,8-9H2,1-3H3,(H3,16,17,18). The van der Waals surface area contributed by atoms with Crippen LogP contribution >= 0.6 is 0 Å². The third-order valence-corrected chi connectivity index (χ3v) is 3.01. The summed E-state index contributed by atoms with van der Waals surface area (Å²) in [6.07, 6.45) is 0.769. The maximum Gasteiger partial charge on any atom is 0.145 e. The quantitative estimate of drug-likeness (QED) is 0.887. The van der Waals surface area contributed by atoms with Gasteiger partial charge in [-0.15, -0.1) is 0 Å². The first-order valence-electron chi connectivity index (χ1n) is 6.48. The lowest BCUT2D eigenvalue weighted by Gasteiger charge is -2.19. The van der Waals surface area contributed by atoms with Gasteiger partial charge in [-0.1, -0.05) is 32.9 Å². The molecule has 0 atom stereocenters. The van der Waals surface area contributed by atoms with Gasteiger partial charge in [0.2, 0.25) is 0 Å². The first-order valence-corrected chi connectivity index (χ1v) is 6.48. The van der Waals surface area contributed by atoms with Crippen LogP contribution in [0.25, 0.3) is 0 Å². The average Bonchev–Trinajstić information content (AvgIpc) is 2.75. The number of anilines is 1. The first-order chi connectivity index (χ1) is 8.95. The molecule has 3 N–H and O–H groups in total. The van der Waals surface area contributed by atoms with Gasteiger partial charge in [0, 0.05) is 18.2 Å². The summed E-state index contributed by atoms with van der Waals surface area (Å²) in [4.78, 5) is 0. The van der Waals surface area contributed by atoms with Crippen LogP contribution in [0, 0.1) is 0 Å². The molecular weight excluding hydrogens is 238 g/mol. The minimum absolute atomic E-state index is 0.173. The number of hydrogen-bond acceptors (Lipinski definition) is 3. The number of aromatic nitrogens is 2. The first kappa shape index (κ1) is 13.5. The number of hydrogen-bond donors (Lipinski definition) is 2. The van der Waals surface area contributed by atoms with Crippen LogP contribution in [0.3, 0.4) is 0 Å². The monoisotopic (exact) mass is 259 g/mol. The molecule has 4 heteroatoms. The molecule has 0 aliphatic heterocycles. The van der Waals surface area contributed by atoms with Crippen LogP contribution in [0.5, 0.6) is 5.75 Å². The van der Waals surface area contributed by atoms with Crippen molar-refractivity contribution in [2.45, 2.75) is 32.6 Å². The van der Waals surface area contributed by atoms with Gasteiger partial charge in [-0.2, -0.15) is 5.10 Å². The lowest BCUT2D eigenvalue weighted by Crippen LogP contribution is -2.10. The summed E-state index contributed by atoms with van der Waals surface area (Å²) in [5, 5.41) is 6.74. The highest BCUT2D eigenvalue weighted by atomic mass is 16.5. The Labute approximate surface area is 114 Å². The van der Waals surface area contributed by atoms with E-state index in [9.17, 15) is 0 Å². The number of nitrogens with one attached hydrogen (secondary N) is 1. The average molecular weight is 259 g/mol. The summed E-state index contributed by atoms with van der Waals surface area (Å²) >= 11 is 0. The predicted octanol–water partition coefficient (Wildman–Crippen LogP) is 2.91. The molecular formula is C15H21N3O. The van der Waals surface area contributed by atoms with Crippen molar-refractivity contribution in [1.82, 2.24) is 10.2 Å². The molecule has 1 aromatic carbocycles. The fourth-order valence-electron chi connectivity index (χ4n) is 1.84. The van der Waals surface area contributed by atoms with Crippen LogP contribution in [-0.4, -0.2) is 16.8 Å². The molecule has 0 aliphatic rings. The second-order valence-corrected chi connectivity index (χ2v) is 5.69. The number of nitrogens with zero attached hydrogens (tertiary/aromatic N) is 1. The molecule has 0 spiro atoms. The second-order valence-electron chi connectivity index (χ2n) is 5.69. The Morgan fingerprint density at radius 2 is 1.89 bits per heavy atom. The molecule has 4 nitrogen and oxygen atoms in total. The molecule has 0 radical (unpaired) electrons. The van der Waals surface area contributed by atoms with E-state index in [0.29, 0.717) is 12.4 Å². The third kappa shape index (κ3) is 3.74. The van der Waals surface area contributed by atoms with Crippen molar-refractivity contribution in [1.29, 1.82) is 0 Å². The molecule has 1 aromatic heterocycles. The topological polar surface area (TPSA) is 63.9 Å². The molecule has 0 saturated carbocycles. The lowest BCUT2D eigenvalue weighted by atomic mass is 9.87. The van der Waals surface area contributed by atoms with E-state index in [4.69, 9.17) is 10.5 Å². The van der Waals surface area contributed by atoms with Crippen molar-refractivity contribution in [2.24, 2.45) is 0 Å². The van der Waals surface area contributed by atoms with E-state index in [1.807, 2.05) is 18.2 Å². The SMILES string of the molecule is CC(C)(C)c1ccc(OCCc2cc(N)n[nH]2)cc1. The van der Waals surface area contributed by atoms with E-state index in [1.165, 1.54) is 5.56 Å². The van der Waals surface area contributed by atoms with Crippen LogP contribution in [0.4, 0.5) is 5.82 Å². The summed E-state index contributed by atoms with van der Waals surface area (Å²) in [5.74, 6) is 1.41. The summed E-state index contributed by atoms with van der Waals surface area (Å²) in [7, 11) is 0. The van der Waals surface area contributed by atoms with Crippen molar-refractivity contribution < 1.29 is 4.74 Å². The van der Waals surface area contributed by atoms with E-state index in [-0.39, 0.29) is 5.41 Å². The highest BCUT2D eigenvalue weighted by Crippen LogP contribution is 2.24. The van der Waals surface area contributed by atoms with Gasteiger partial charge >= 0.3 is 0 Å². The normalized spacial score (nSPS) is 11.5. The molecule has 2 aromatic rings. The number of benzene rings is 1. The fraction of sp³-hybridized carbons (Fsp3) is 0.400. The predicted molar refractivity (Wildman–Crippen MR) is 77.3 cm³/mol. The van der Waals surface area contributed by atoms with E-state index in [0.717, 1.165) is 17.9 Å². The van der Waals surface area contributed by atoms with Gasteiger partial charge < -0.3 is 10.5 Å². The summed E-state index contributed by atoms with van der Waals surface area (Å²) < 4.78 is 5.70. The molecule has 0 fully saturated rings. The van der Waals surface area contributed by atoms with Gasteiger partial charge in [0.1, 0.15) is 11.6 Å². The molecule has 2 rings (SSSR count). The van der Waals surface area contributed by atoms with Crippen molar-refractivity contribution in [3.63, 3.8) is 0 Å². The molecule has 0 saturated heterocycles. The molecule has 0 bridgehead atoms. The maximum absolute atomic E-state index is 5.70. The third-order valence-electron chi connectivity index (χ3n) is 3.01. The number of aromatic amines is 1. The molecule has 19 heavy (non-hydrogen) atoms. The smallest absolute Gasteiger partial charge is 0.145 e. The molecule has 0 unspecified atom stereocenters. The van der Waals surface area contributed by atoms with Gasteiger partial charge in [0.15, 0.2) is 0 Å². The number of H-pyrrole nitrogens is 1. The Morgan fingerprint density at radius 3 is 2.42 bits per heavy atom. The van der Waals surface area contributed by atoms with Crippen LogP contribution < -0.4 is 10.5 Å². The van der Waals surface area contributed by atoms with Crippen molar-refractivity contribution in [2.75, 3.05) is 12.3 Å². The molecule has 0 aliphatic carbocycles. The van der Waals surface area contributed by atoms with Crippen molar-refractivity contribution in [3.8, 4) is 5.75 Å². The zero-order valence-corrected chi connectivity index (χ0v) is 11.7. The van der Waals surface area contributed by atoms with Crippen LogP contribution in [0.15, 0.2) is 30.3 Å². The Bertz CT molecular complexity index is 523. The Balaban J connectivity index is 1.86. The van der Waals surface area contributed by atoms with Crippen molar-refractivity contribution in [3.05, 3.63) is 41.6 Å². The molecule has 1 heterocycles. The summed E-state index contributed by atoms with van der Waals surface area (Å²) in [6.45, 7) is 7.21. The maximum atomic E-state index is 5.70. The van der Waals surface area contributed by atoms with Gasteiger partial charge in [0.05, 0.1) is 6.61 Å². The van der Waals surface area contributed by atoms with Gasteiger partial charge in [-0.3, -0.25) is 5.10 Å². The van der Waals surface area contributed by atoms with E-state index in [1.54, 1.807) is 0 Å². The van der Waals surface area contributed by atoms with E-state index >= 15 is 0 Å². The summed E-state index contributed by atoms with van der Waals surface area (Å²) in [6, 6.07) is 10.1. The second kappa shape index (κ2) is 5.34. The Hall–Kier alpha value is -1.97. The summed E-state index contributed by atoms with van der Waals surface area (Å²) in [5.41, 5.74) is 8.00. The highest BCUT2D eigenvalue weighted by Gasteiger charge is 2.12. The molecule has 0 amide bonds. The Morgan fingerprint density at radius 1 is 1.21 bits per heavy atom. The lowest BCUT2D eigenvalue weighted by molar-refractivity contribution is 0.320. The highest BCUT2D eigenvalue weighted by molar-refractivity contribution is 5.31. The van der Waals surface area contributed by atoms with Gasteiger partial charge in [0.25, 0.3) is 0 Å². The van der Waals surface area contributed by atoms with E-state index < -0.39 is 0 Å². The largest absolute Gasteiger partial charge is 0.493 e. The zero-order chi connectivity index (χ0) is 13.9. The van der Waals surface area contributed by atoms with Gasteiger partial charge in [-0.25, -0.2) is 0 Å². The van der Waals surface area contributed by atoms with E-state index in [2.05, 4.69) is 43.1 Å². The van der Waals surface area contributed by atoms with Crippen LogP contribution in [-0.2, 0) is 11.8 Å². The number of nitrogens with two attached hydrogens (primary N) is 1. The van der Waals surface area contributed by atoms with Crippen LogP contribution in [0.2, 0.25) is 0 Å². The molecule has 102 valence electrons. The number of rotatable bonds is 4. The Kier molecular flexibility index (Phi) is 3.79. The number of nitrogen functional groups attached to an aromatic ring is 1. The van der Waals surface area contributed by atoms with Crippen molar-refractivity contribution >= 4 is 5.82 Å². The fourth-order valence-corrected chi connectivity index (χ4v) is 1.84. The van der Waals surface area contributed by atoms with Gasteiger partial charge in [-0.05, 0) is 23.1 Å². The minimum Gasteiger partial charge on any atom is -0.493 e. The van der Waals surface area contributed by atoms with Crippen LogP contribution in [0.1, 0.15) is 32.0 Å². The zero-order valence-electron chi connectivity index (χ0n) is 11.7.